The predicted molar refractivity (Wildman–Crippen MR) is 66.5 cm³/mol. The molecule has 5 heteroatoms. The van der Waals surface area contributed by atoms with E-state index in [0.717, 1.165) is 0 Å². The SMILES string of the molecule is CC[C@@H](C(N)=O)N(C(=O)OC(C)(C)C)C(C)C. The molecular weight excluding hydrogens is 220 g/mol. The zero-order valence-corrected chi connectivity index (χ0v) is 11.6. The molecule has 0 radical (unpaired) electrons. The number of ether oxygens (including phenoxy) is 1. The van der Waals surface area contributed by atoms with Gasteiger partial charge in [-0.05, 0) is 41.0 Å². The maximum atomic E-state index is 12.0. The molecule has 100 valence electrons. The van der Waals surface area contributed by atoms with Crippen molar-refractivity contribution in [2.24, 2.45) is 5.73 Å². The summed E-state index contributed by atoms with van der Waals surface area (Å²) in [6.07, 6.45) is -0.0228. The number of carbonyl (C=O) groups is 2. The number of hydrogen-bond donors (Lipinski definition) is 1. The third-order valence-corrected chi connectivity index (χ3v) is 2.21. The standard InChI is InChI=1S/C12H24N2O3/c1-7-9(10(13)15)14(8(2)3)11(16)17-12(4,5)6/h8-9H,7H2,1-6H3,(H2,13,15)/t9-/m0/s1. The van der Waals surface area contributed by atoms with E-state index in [2.05, 4.69) is 0 Å². The third-order valence-electron chi connectivity index (χ3n) is 2.21. The maximum absolute atomic E-state index is 12.0. The van der Waals surface area contributed by atoms with Crippen LogP contribution in [0.15, 0.2) is 0 Å². The van der Waals surface area contributed by atoms with Crippen LogP contribution in [0.25, 0.3) is 0 Å². The molecule has 17 heavy (non-hydrogen) atoms. The number of hydrogen-bond acceptors (Lipinski definition) is 3. The van der Waals surface area contributed by atoms with Gasteiger partial charge >= 0.3 is 6.09 Å². The fourth-order valence-corrected chi connectivity index (χ4v) is 1.55. The van der Waals surface area contributed by atoms with Gasteiger partial charge in [0.15, 0.2) is 0 Å². The van der Waals surface area contributed by atoms with Crippen molar-refractivity contribution in [2.75, 3.05) is 0 Å². The number of nitrogens with zero attached hydrogens (tertiary/aromatic N) is 1. The van der Waals surface area contributed by atoms with E-state index in [9.17, 15) is 9.59 Å². The highest BCUT2D eigenvalue weighted by atomic mass is 16.6. The lowest BCUT2D eigenvalue weighted by molar-refractivity contribution is -0.124. The van der Waals surface area contributed by atoms with E-state index in [4.69, 9.17) is 10.5 Å². The molecule has 0 saturated carbocycles. The zero-order valence-electron chi connectivity index (χ0n) is 11.6. The summed E-state index contributed by atoms with van der Waals surface area (Å²) in [5.74, 6) is -0.507. The van der Waals surface area contributed by atoms with Crippen LogP contribution in [0, 0.1) is 0 Å². The van der Waals surface area contributed by atoms with E-state index in [0.29, 0.717) is 6.42 Å². The minimum Gasteiger partial charge on any atom is -0.444 e. The third kappa shape index (κ3) is 5.06. The largest absolute Gasteiger partial charge is 0.444 e. The summed E-state index contributed by atoms with van der Waals surface area (Å²) in [6.45, 7) is 10.8. The van der Waals surface area contributed by atoms with Crippen LogP contribution in [0.2, 0.25) is 0 Å². The molecule has 2 amide bonds. The molecule has 0 rings (SSSR count). The van der Waals surface area contributed by atoms with Crippen LogP contribution >= 0.6 is 0 Å². The predicted octanol–water partition coefficient (Wildman–Crippen LogP) is 1.90. The lowest BCUT2D eigenvalue weighted by atomic mass is 10.1. The Morgan fingerprint density at radius 2 is 1.76 bits per heavy atom. The fourth-order valence-electron chi connectivity index (χ4n) is 1.55. The first-order valence-corrected chi connectivity index (χ1v) is 5.90. The highest BCUT2D eigenvalue weighted by Gasteiger charge is 2.32. The zero-order chi connectivity index (χ0) is 13.8. The molecule has 0 spiro atoms. The fraction of sp³-hybridized carbons (Fsp3) is 0.833. The van der Waals surface area contributed by atoms with Gasteiger partial charge in [-0.1, -0.05) is 6.92 Å². The molecular formula is C12H24N2O3. The molecule has 0 aliphatic carbocycles. The van der Waals surface area contributed by atoms with Gasteiger partial charge in [0.05, 0.1) is 0 Å². The molecule has 0 heterocycles. The number of rotatable bonds is 4. The summed E-state index contributed by atoms with van der Waals surface area (Å²) in [7, 11) is 0. The van der Waals surface area contributed by atoms with Crippen molar-refractivity contribution < 1.29 is 14.3 Å². The van der Waals surface area contributed by atoms with E-state index in [-0.39, 0.29) is 6.04 Å². The molecule has 0 fully saturated rings. The smallest absolute Gasteiger partial charge is 0.411 e. The summed E-state index contributed by atoms with van der Waals surface area (Å²) < 4.78 is 5.27. The first-order chi connectivity index (χ1) is 7.60. The highest BCUT2D eigenvalue weighted by molar-refractivity contribution is 5.84. The van der Waals surface area contributed by atoms with Crippen molar-refractivity contribution >= 4 is 12.0 Å². The lowest BCUT2D eigenvalue weighted by Crippen LogP contribution is -2.52. The van der Waals surface area contributed by atoms with E-state index >= 15 is 0 Å². The van der Waals surface area contributed by atoms with Crippen molar-refractivity contribution in [3.05, 3.63) is 0 Å². The Morgan fingerprint density at radius 3 is 2.00 bits per heavy atom. The first kappa shape index (κ1) is 15.7. The van der Waals surface area contributed by atoms with Crippen molar-refractivity contribution in [3.8, 4) is 0 Å². The van der Waals surface area contributed by atoms with Gasteiger partial charge in [-0.25, -0.2) is 4.79 Å². The van der Waals surface area contributed by atoms with Gasteiger partial charge in [0, 0.05) is 6.04 Å². The Hall–Kier alpha value is -1.26. The molecule has 0 aliphatic rings. The van der Waals surface area contributed by atoms with Crippen LogP contribution in [0.4, 0.5) is 4.79 Å². The second kappa shape index (κ2) is 5.89. The summed E-state index contributed by atoms with van der Waals surface area (Å²) >= 11 is 0. The number of nitrogens with two attached hydrogens (primary N) is 1. The molecule has 0 aliphatic heterocycles. The lowest BCUT2D eigenvalue weighted by Gasteiger charge is -2.34. The molecule has 0 aromatic heterocycles. The normalized spacial score (nSPS) is 13.4. The van der Waals surface area contributed by atoms with Crippen LogP contribution in [0.3, 0.4) is 0 Å². The quantitative estimate of drug-likeness (QED) is 0.820. The van der Waals surface area contributed by atoms with Gasteiger partial charge in [0.2, 0.25) is 5.91 Å². The van der Waals surface area contributed by atoms with Gasteiger partial charge in [-0.3, -0.25) is 9.69 Å². The minimum atomic E-state index is -0.621. The monoisotopic (exact) mass is 244 g/mol. The van der Waals surface area contributed by atoms with Crippen LogP contribution in [-0.4, -0.2) is 34.6 Å². The molecule has 0 aromatic rings. The Bertz CT molecular complexity index is 282. The van der Waals surface area contributed by atoms with E-state index < -0.39 is 23.6 Å². The van der Waals surface area contributed by atoms with Crippen molar-refractivity contribution in [1.82, 2.24) is 4.90 Å². The number of carbonyl (C=O) groups excluding carboxylic acids is 2. The average Bonchev–Trinajstić information content (AvgIpc) is 2.08. The average molecular weight is 244 g/mol. The second-order valence-electron chi connectivity index (χ2n) is 5.31. The molecule has 0 bridgehead atoms. The van der Waals surface area contributed by atoms with Gasteiger partial charge in [-0.2, -0.15) is 0 Å². The molecule has 1 atom stereocenters. The molecule has 2 N–H and O–H groups in total. The summed E-state index contributed by atoms with van der Waals surface area (Å²) in [6, 6.07) is -0.757. The highest BCUT2D eigenvalue weighted by Crippen LogP contribution is 2.16. The van der Waals surface area contributed by atoms with Gasteiger partial charge in [0.25, 0.3) is 0 Å². The Labute approximate surface area is 103 Å². The Balaban J connectivity index is 4.97. The summed E-state index contributed by atoms with van der Waals surface area (Å²) in [4.78, 5) is 24.7. The molecule has 5 nitrogen and oxygen atoms in total. The van der Waals surface area contributed by atoms with Crippen LogP contribution in [0.5, 0.6) is 0 Å². The molecule has 0 saturated heterocycles. The Kier molecular flexibility index (Phi) is 5.45. The van der Waals surface area contributed by atoms with E-state index in [1.807, 2.05) is 20.8 Å². The first-order valence-electron chi connectivity index (χ1n) is 5.90. The second-order valence-corrected chi connectivity index (χ2v) is 5.31. The number of amides is 2. The minimum absolute atomic E-state index is 0.137. The topological polar surface area (TPSA) is 72.6 Å². The summed E-state index contributed by atoms with van der Waals surface area (Å²) in [5.41, 5.74) is 4.72. The van der Waals surface area contributed by atoms with Crippen LogP contribution < -0.4 is 5.73 Å². The van der Waals surface area contributed by atoms with Gasteiger partial charge < -0.3 is 10.5 Å². The molecule has 0 unspecified atom stereocenters. The van der Waals surface area contributed by atoms with Gasteiger partial charge in [-0.15, -0.1) is 0 Å². The van der Waals surface area contributed by atoms with Crippen molar-refractivity contribution in [1.29, 1.82) is 0 Å². The Morgan fingerprint density at radius 1 is 1.29 bits per heavy atom. The number of primary amides is 1. The van der Waals surface area contributed by atoms with E-state index in [1.165, 1.54) is 4.90 Å². The van der Waals surface area contributed by atoms with Crippen molar-refractivity contribution in [2.45, 2.75) is 65.6 Å². The van der Waals surface area contributed by atoms with E-state index in [1.54, 1.807) is 20.8 Å². The van der Waals surface area contributed by atoms with Crippen LogP contribution in [0.1, 0.15) is 48.0 Å². The summed E-state index contributed by atoms with van der Waals surface area (Å²) in [5, 5.41) is 0. The van der Waals surface area contributed by atoms with Crippen LogP contribution in [-0.2, 0) is 9.53 Å². The molecule has 0 aromatic carbocycles. The maximum Gasteiger partial charge on any atom is 0.411 e. The van der Waals surface area contributed by atoms with Crippen molar-refractivity contribution in [3.63, 3.8) is 0 Å². The van der Waals surface area contributed by atoms with Gasteiger partial charge in [0.1, 0.15) is 11.6 Å².